The van der Waals surface area contributed by atoms with Gasteiger partial charge >= 0.3 is 11.9 Å². The van der Waals surface area contributed by atoms with E-state index in [2.05, 4.69) is 21.3 Å². The number of nitrogens with two attached hydrogens (primary N) is 5. The molecule has 0 aromatic rings. The SMILES string of the molecule is NC(=O)CC[C@H](NC(=O)[C@H](CCC(N)=O)NC(=O)[C@H](CCC(N)=O)NC(=O)[C@H](CCC(N)=O)NC(=O)[C@@H](N)CCC(=O)O)C(=O)O. The predicted octanol–water partition coefficient (Wildman–Crippen LogP) is -5.74. The van der Waals surface area contributed by atoms with Crippen molar-refractivity contribution in [3.05, 3.63) is 0 Å². The van der Waals surface area contributed by atoms with Crippen molar-refractivity contribution in [1.29, 1.82) is 0 Å². The second kappa shape index (κ2) is 20.6. The van der Waals surface area contributed by atoms with Crippen LogP contribution in [0, 0.1) is 0 Å². The molecule has 0 aliphatic heterocycles. The number of aliphatic carboxylic acids is 2. The summed E-state index contributed by atoms with van der Waals surface area (Å²) >= 11 is 0. The monoisotopic (exact) mass is 659 g/mol. The summed E-state index contributed by atoms with van der Waals surface area (Å²) in [6, 6.07) is -7.75. The largest absolute Gasteiger partial charge is 0.481 e. The Morgan fingerprint density at radius 3 is 1.00 bits per heavy atom. The standard InChI is InChI=1S/C25H41N9O12/c26-11(1-10-20(39)40)21(41)31-12(2-6-16(27)35)22(42)32-13(3-7-17(28)36)23(43)33-14(4-8-18(29)37)24(44)34-15(25(45)46)5-9-19(30)38/h11-15H,1-10,26H2,(H2,27,35)(H2,28,36)(H2,29,37)(H2,30,38)(H,31,41)(H,32,42)(H,33,43)(H,34,44)(H,39,40)(H,45,46)/t11-,12-,13-,14-,15-/m0/s1. The Hall–Kier alpha value is -5.34. The van der Waals surface area contributed by atoms with Gasteiger partial charge < -0.3 is 60.1 Å². The summed E-state index contributed by atoms with van der Waals surface area (Å²) in [6.07, 6.45) is -4.18. The van der Waals surface area contributed by atoms with E-state index in [9.17, 15) is 53.1 Å². The topological polar surface area (TPSA) is 389 Å². The summed E-state index contributed by atoms with van der Waals surface area (Å²) < 4.78 is 0. The Labute approximate surface area is 262 Å². The summed E-state index contributed by atoms with van der Waals surface area (Å²) in [7, 11) is 0. The van der Waals surface area contributed by atoms with Crippen LogP contribution in [0.3, 0.4) is 0 Å². The van der Waals surface area contributed by atoms with Gasteiger partial charge in [0.2, 0.25) is 47.3 Å². The molecule has 0 aromatic heterocycles. The maximum absolute atomic E-state index is 13.3. The van der Waals surface area contributed by atoms with Crippen molar-refractivity contribution < 1.29 is 58.2 Å². The number of carbonyl (C=O) groups is 10. The van der Waals surface area contributed by atoms with E-state index in [0.29, 0.717) is 0 Å². The molecule has 0 bridgehead atoms. The molecular formula is C25H41N9O12. The van der Waals surface area contributed by atoms with Crippen molar-refractivity contribution in [1.82, 2.24) is 21.3 Å². The van der Waals surface area contributed by atoms with Crippen LogP contribution in [-0.2, 0) is 47.9 Å². The zero-order valence-corrected chi connectivity index (χ0v) is 24.8. The predicted molar refractivity (Wildman–Crippen MR) is 154 cm³/mol. The molecule has 8 amide bonds. The van der Waals surface area contributed by atoms with E-state index in [4.69, 9.17) is 33.8 Å². The smallest absolute Gasteiger partial charge is 0.326 e. The van der Waals surface area contributed by atoms with Gasteiger partial charge in [0.25, 0.3) is 0 Å². The minimum absolute atomic E-state index is 0.297. The molecule has 21 heteroatoms. The molecule has 0 unspecified atom stereocenters. The molecule has 0 fully saturated rings. The number of primary amides is 4. The number of amides is 8. The van der Waals surface area contributed by atoms with E-state index in [1.807, 2.05) is 0 Å². The highest BCUT2D eigenvalue weighted by Gasteiger charge is 2.32. The van der Waals surface area contributed by atoms with E-state index in [0.717, 1.165) is 0 Å². The molecular weight excluding hydrogens is 618 g/mol. The molecule has 0 radical (unpaired) electrons. The first-order valence-electron chi connectivity index (χ1n) is 13.9. The van der Waals surface area contributed by atoms with Crippen molar-refractivity contribution in [2.75, 3.05) is 0 Å². The Kier molecular flexibility index (Phi) is 18.2. The third kappa shape index (κ3) is 17.7. The summed E-state index contributed by atoms with van der Waals surface area (Å²) in [6.45, 7) is 0. The molecule has 5 atom stereocenters. The van der Waals surface area contributed by atoms with Crippen LogP contribution < -0.4 is 49.9 Å². The highest BCUT2D eigenvalue weighted by atomic mass is 16.4. The Morgan fingerprint density at radius 1 is 0.435 bits per heavy atom. The first-order chi connectivity index (χ1) is 21.3. The van der Waals surface area contributed by atoms with Crippen LogP contribution in [0.25, 0.3) is 0 Å². The number of hydrogen-bond donors (Lipinski definition) is 11. The molecule has 16 N–H and O–H groups in total. The van der Waals surface area contributed by atoms with Gasteiger partial charge in [-0.15, -0.1) is 0 Å². The zero-order chi connectivity index (χ0) is 35.6. The number of carbonyl (C=O) groups excluding carboxylic acids is 8. The fraction of sp³-hybridized carbons (Fsp3) is 0.600. The van der Waals surface area contributed by atoms with Gasteiger partial charge in [-0.25, -0.2) is 4.79 Å². The maximum atomic E-state index is 13.3. The van der Waals surface area contributed by atoms with Crippen LogP contribution >= 0.6 is 0 Å². The van der Waals surface area contributed by atoms with E-state index >= 15 is 0 Å². The number of carboxylic acids is 2. The molecule has 0 aliphatic rings. The molecule has 0 heterocycles. The molecule has 46 heavy (non-hydrogen) atoms. The van der Waals surface area contributed by atoms with Gasteiger partial charge in [-0.1, -0.05) is 0 Å². The van der Waals surface area contributed by atoms with Crippen molar-refractivity contribution in [2.45, 2.75) is 94.4 Å². The molecule has 258 valence electrons. The first-order valence-corrected chi connectivity index (χ1v) is 13.9. The summed E-state index contributed by atoms with van der Waals surface area (Å²) in [5.74, 6) is -10.5. The van der Waals surface area contributed by atoms with Gasteiger partial charge in [0.05, 0.1) is 6.04 Å². The molecule has 21 nitrogen and oxygen atoms in total. The third-order valence-corrected chi connectivity index (χ3v) is 6.24. The third-order valence-electron chi connectivity index (χ3n) is 6.24. The van der Waals surface area contributed by atoms with Crippen LogP contribution in [0.15, 0.2) is 0 Å². The first kappa shape index (κ1) is 40.7. The quantitative estimate of drug-likeness (QED) is 0.0460. The van der Waals surface area contributed by atoms with Gasteiger partial charge in [0, 0.05) is 32.1 Å². The number of nitrogens with one attached hydrogen (secondary N) is 4. The van der Waals surface area contributed by atoms with Crippen LogP contribution in [0.5, 0.6) is 0 Å². The van der Waals surface area contributed by atoms with Crippen molar-refractivity contribution in [2.24, 2.45) is 28.7 Å². The molecule has 0 rings (SSSR count). The highest BCUT2D eigenvalue weighted by Crippen LogP contribution is 2.07. The molecule has 0 saturated carbocycles. The minimum Gasteiger partial charge on any atom is -0.481 e. The summed E-state index contributed by atoms with van der Waals surface area (Å²) in [5.41, 5.74) is 26.2. The zero-order valence-electron chi connectivity index (χ0n) is 24.8. The summed E-state index contributed by atoms with van der Waals surface area (Å²) in [5, 5.41) is 27.1. The Bertz CT molecular complexity index is 1180. The molecule has 0 aliphatic carbocycles. The average molecular weight is 660 g/mol. The number of carboxylic acid groups (broad SMARTS) is 2. The van der Waals surface area contributed by atoms with Crippen molar-refractivity contribution in [3.63, 3.8) is 0 Å². The van der Waals surface area contributed by atoms with Gasteiger partial charge in [-0.2, -0.15) is 0 Å². The fourth-order valence-electron chi connectivity index (χ4n) is 3.72. The second-order valence-corrected chi connectivity index (χ2v) is 10.1. The van der Waals surface area contributed by atoms with Gasteiger partial charge in [-0.3, -0.25) is 43.2 Å². The average Bonchev–Trinajstić information content (AvgIpc) is 2.94. The molecule has 0 aromatic carbocycles. The van der Waals surface area contributed by atoms with E-state index in [1.165, 1.54) is 0 Å². The van der Waals surface area contributed by atoms with E-state index < -0.39 is 141 Å². The highest BCUT2D eigenvalue weighted by molar-refractivity contribution is 5.96. The van der Waals surface area contributed by atoms with Crippen LogP contribution in [-0.4, -0.2) is 99.6 Å². The lowest BCUT2D eigenvalue weighted by molar-refractivity contribution is -0.143. The lowest BCUT2D eigenvalue weighted by atomic mass is 10.0. The normalized spacial score (nSPS) is 13.8. The minimum atomic E-state index is -1.62. The second-order valence-electron chi connectivity index (χ2n) is 10.1. The van der Waals surface area contributed by atoms with Crippen LogP contribution in [0.4, 0.5) is 0 Å². The number of hydrogen-bond acceptors (Lipinski definition) is 11. The Balaban J connectivity index is 6.07. The van der Waals surface area contributed by atoms with Crippen molar-refractivity contribution in [3.8, 4) is 0 Å². The van der Waals surface area contributed by atoms with Crippen molar-refractivity contribution >= 4 is 59.2 Å². The Morgan fingerprint density at radius 2 is 0.717 bits per heavy atom. The number of rotatable bonds is 24. The maximum Gasteiger partial charge on any atom is 0.326 e. The van der Waals surface area contributed by atoms with Crippen LogP contribution in [0.2, 0.25) is 0 Å². The van der Waals surface area contributed by atoms with Crippen LogP contribution in [0.1, 0.15) is 64.2 Å². The lowest BCUT2D eigenvalue weighted by Gasteiger charge is -2.26. The molecule has 0 spiro atoms. The van der Waals surface area contributed by atoms with Gasteiger partial charge in [0.15, 0.2) is 0 Å². The fourth-order valence-corrected chi connectivity index (χ4v) is 3.72. The lowest BCUT2D eigenvalue weighted by Crippen LogP contribution is -2.58. The molecule has 0 saturated heterocycles. The van der Waals surface area contributed by atoms with E-state index in [1.54, 1.807) is 0 Å². The van der Waals surface area contributed by atoms with Gasteiger partial charge in [-0.05, 0) is 32.1 Å². The summed E-state index contributed by atoms with van der Waals surface area (Å²) in [4.78, 5) is 120. The van der Waals surface area contributed by atoms with E-state index in [-0.39, 0.29) is 12.8 Å². The van der Waals surface area contributed by atoms with Gasteiger partial charge in [0.1, 0.15) is 24.2 Å².